The van der Waals surface area contributed by atoms with Crippen LogP contribution < -0.4 is 0 Å². The van der Waals surface area contributed by atoms with Crippen molar-refractivity contribution in [2.45, 2.75) is 40.0 Å². The van der Waals surface area contributed by atoms with E-state index in [0.29, 0.717) is 5.92 Å². The summed E-state index contributed by atoms with van der Waals surface area (Å²) in [6, 6.07) is 0. The van der Waals surface area contributed by atoms with Crippen molar-refractivity contribution in [1.82, 2.24) is 0 Å². The number of allylic oxidation sites excluding steroid dienone is 8. The average molecular weight is 352 g/mol. The Bertz CT molecular complexity index is 314. The summed E-state index contributed by atoms with van der Waals surface area (Å²) in [5, 5.41) is 0. The van der Waals surface area contributed by atoms with Crippen LogP contribution >= 0.6 is 0 Å². The van der Waals surface area contributed by atoms with Crippen LogP contribution in [0.3, 0.4) is 0 Å². The zero-order chi connectivity index (χ0) is 13.1. The molecule has 0 amide bonds. The van der Waals surface area contributed by atoms with Gasteiger partial charge < -0.3 is 14.9 Å². The third-order valence-electron chi connectivity index (χ3n) is 2.48. The predicted molar refractivity (Wildman–Crippen MR) is 87.5 cm³/mol. The van der Waals surface area contributed by atoms with Gasteiger partial charge in [-0.2, -0.15) is 17.7 Å². The molecule has 0 spiro atoms. The Balaban J connectivity index is -0.000000244. The molecular formula is C17H28SiZr-4. The summed E-state index contributed by atoms with van der Waals surface area (Å²) in [6.45, 7) is 8.51. The Morgan fingerprint density at radius 2 is 2.00 bits per heavy atom. The van der Waals surface area contributed by atoms with Gasteiger partial charge in [-0.15, -0.1) is 6.42 Å². The fourth-order valence-corrected chi connectivity index (χ4v) is 1.78. The van der Waals surface area contributed by atoms with E-state index in [9.17, 15) is 0 Å². The summed E-state index contributed by atoms with van der Waals surface area (Å²) < 4.78 is 0. The van der Waals surface area contributed by atoms with Crippen molar-refractivity contribution >= 4 is 6.88 Å². The molecule has 0 aromatic rings. The maximum atomic E-state index is 3.38. The molecule has 0 heterocycles. The van der Waals surface area contributed by atoms with Crippen LogP contribution in [0.5, 0.6) is 0 Å². The summed E-state index contributed by atoms with van der Waals surface area (Å²) in [5.41, 5.74) is 2.88. The van der Waals surface area contributed by atoms with Gasteiger partial charge in [0.2, 0.25) is 0 Å². The second-order valence-corrected chi connectivity index (χ2v) is 4.00. The van der Waals surface area contributed by atoms with Crippen LogP contribution in [0, 0.1) is 32.9 Å². The molecule has 2 rings (SSSR count). The molecular weight excluding hydrogens is 323 g/mol. The molecule has 0 saturated carbocycles. The van der Waals surface area contributed by atoms with Gasteiger partial charge in [0, 0.05) is 0 Å². The first-order valence-electron chi connectivity index (χ1n) is 6.12. The van der Waals surface area contributed by atoms with E-state index in [0.717, 1.165) is 6.42 Å². The van der Waals surface area contributed by atoms with Gasteiger partial charge in [0.15, 0.2) is 0 Å². The van der Waals surface area contributed by atoms with Gasteiger partial charge in [-0.3, -0.25) is 12.2 Å². The third kappa shape index (κ3) is 11.6. The van der Waals surface area contributed by atoms with E-state index in [1.807, 2.05) is 19.0 Å². The standard InChI is InChI=1S/C10H15.C5H5.2CH3.H2Si.Zr/c1-4-5-10-7-8(2)6-9(10)3;1-2-4-5-3-1;;;;/h7-8H,4-5H2,1-3H3;1-3H,4H2;2*1H3;1H2;/q4*-1;;. The molecule has 2 aliphatic rings. The Hall–Kier alpha value is 0.0600. The zero-order valence-electron chi connectivity index (χ0n) is 13.2. The molecule has 2 aliphatic carbocycles. The van der Waals surface area contributed by atoms with Crippen LogP contribution in [0.25, 0.3) is 0 Å². The normalized spacial score (nSPS) is 17.7. The molecule has 0 radical (unpaired) electrons. The monoisotopic (exact) mass is 350 g/mol. The van der Waals surface area contributed by atoms with Crippen molar-refractivity contribution in [2.24, 2.45) is 5.92 Å². The quantitative estimate of drug-likeness (QED) is 0.511. The van der Waals surface area contributed by atoms with Crippen LogP contribution in [0.2, 0.25) is 0 Å². The second-order valence-electron chi connectivity index (χ2n) is 4.00. The van der Waals surface area contributed by atoms with Crippen LogP contribution in [-0.2, 0) is 23.3 Å². The van der Waals surface area contributed by atoms with Gasteiger partial charge in [-0.05, 0) is 0 Å². The topological polar surface area (TPSA) is 0 Å². The number of rotatable bonds is 2. The molecule has 0 saturated heterocycles. The first-order chi connectivity index (χ1) is 8.24. The Morgan fingerprint density at radius 3 is 2.26 bits per heavy atom. The van der Waals surface area contributed by atoms with Gasteiger partial charge in [0.1, 0.15) is 0 Å². The van der Waals surface area contributed by atoms with Crippen molar-refractivity contribution in [3.8, 4) is 0 Å². The number of hydrogen-bond acceptors (Lipinski definition) is 0. The van der Waals surface area contributed by atoms with Crippen LogP contribution in [0.4, 0.5) is 0 Å². The fraction of sp³-hybridized carbons (Fsp3) is 0.412. The molecule has 0 fully saturated rings. The van der Waals surface area contributed by atoms with E-state index in [2.05, 4.69) is 45.1 Å². The van der Waals surface area contributed by atoms with Gasteiger partial charge in [0.25, 0.3) is 0 Å². The molecule has 0 bridgehead atoms. The molecule has 108 valence electrons. The summed E-state index contributed by atoms with van der Waals surface area (Å²) >= 11 is 1.58. The van der Waals surface area contributed by atoms with E-state index in [4.69, 9.17) is 0 Å². The van der Waals surface area contributed by atoms with Gasteiger partial charge in [0.05, 0.1) is 0 Å². The van der Waals surface area contributed by atoms with Crippen LogP contribution in [-0.4, -0.2) is 6.88 Å². The summed E-state index contributed by atoms with van der Waals surface area (Å²) in [6.07, 6.45) is 18.2. The molecule has 2 heteroatoms. The predicted octanol–water partition coefficient (Wildman–Crippen LogP) is 4.40. The van der Waals surface area contributed by atoms with Crippen molar-refractivity contribution < 1.29 is 23.3 Å². The average Bonchev–Trinajstić information content (AvgIpc) is 2.97. The molecule has 19 heavy (non-hydrogen) atoms. The molecule has 0 N–H and O–H groups in total. The molecule has 0 aromatic carbocycles. The third-order valence-corrected chi connectivity index (χ3v) is 2.48. The van der Waals surface area contributed by atoms with Crippen LogP contribution in [0.15, 0.2) is 35.5 Å². The van der Waals surface area contributed by atoms with E-state index in [1.54, 1.807) is 23.3 Å². The van der Waals surface area contributed by atoms with E-state index >= 15 is 0 Å². The Morgan fingerprint density at radius 1 is 1.37 bits per heavy atom. The van der Waals surface area contributed by atoms with E-state index in [-0.39, 0.29) is 14.9 Å². The summed E-state index contributed by atoms with van der Waals surface area (Å²) in [5.74, 6) is 0.557. The summed E-state index contributed by atoms with van der Waals surface area (Å²) in [7, 11) is 0. The van der Waals surface area contributed by atoms with Gasteiger partial charge in [-0.25, -0.2) is 17.7 Å². The Labute approximate surface area is 138 Å². The molecule has 1 atom stereocenters. The fourth-order valence-electron chi connectivity index (χ4n) is 1.78. The first-order valence-corrected chi connectivity index (χ1v) is 12.0. The SMILES string of the molecule is CCCC1=CC(C)[C-]=C1C.[C-]1=CC=CC1.[CH3-].[CH3-].[SiH2]=[Zr]. The first kappa shape index (κ1) is 24.1. The van der Waals surface area contributed by atoms with Crippen molar-refractivity contribution in [3.63, 3.8) is 0 Å². The molecule has 1 unspecified atom stereocenters. The van der Waals surface area contributed by atoms with E-state index in [1.165, 1.54) is 24.0 Å². The second kappa shape index (κ2) is 16.1. The minimum atomic E-state index is 0. The van der Waals surface area contributed by atoms with Crippen molar-refractivity contribution in [1.29, 1.82) is 0 Å². The van der Waals surface area contributed by atoms with Crippen molar-refractivity contribution in [2.75, 3.05) is 0 Å². The summed E-state index contributed by atoms with van der Waals surface area (Å²) in [4.78, 5) is 0. The van der Waals surface area contributed by atoms with Crippen LogP contribution in [0.1, 0.15) is 40.0 Å². The minimum absolute atomic E-state index is 0. The Kier molecular flexibility index (Phi) is 20.4. The van der Waals surface area contributed by atoms with E-state index < -0.39 is 0 Å². The number of hydrogen-bond donors (Lipinski definition) is 0. The van der Waals surface area contributed by atoms with Crippen molar-refractivity contribution in [3.05, 3.63) is 62.5 Å². The zero-order valence-corrected chi connectivity index (χ0v) is 17.1. The van der Waals surface area contributed by atoms with Gasteiger partial charge in [-0.1, -0.05) is 39.5 Å². The molecule has 0 nitrogen and oxygen atoms in total. The van der Waals surface area contributed by atoms with Gasteiger partial charge >= 0.3 is 30.2 Å². The maximum absolute atomic E-state index is 3.38. The molecule has 0 aromatic heterocycles. The molecule has 0 aliphatic heterocycles.